The van der Waals surface area contributed by atoms with E-state index in [4.69, 9.17) is 0 Å². The summed E-state index contributed by atoms with van der Waals surface area (Å²) in [6.45, 7) is 0. The SMILES string of the molecule is O=C(N/N=C/c1ccc2c(c1)no[n+]2[O-])c1ccc(F)cc1. The van der Waals surface area contributed by atoms with Gasteiger partial charge in [-0.05, 0) is 46.9 Å². The molecule has 3 aromatic rings. The zero-order valence-electron chi connectivity index (χ0n) is 11.1. The lowest BCUT2D eigenvalue weighted by Crippen LogP contribution is -2.22. The Morgan fingerprint density at radius 1 is 1.32 bits per heavy atom. The molecule has 0 atom stereocenters. The third kappa shape index (κ3) is 2.75. The van der Waals surface area contributed by atoms with Crippen LogP contribution in [0.1, 0.15) is 15.9 Å². The molecule has 1 aromatic heterocycles. The summed E-state index contributed by atoms with van der Waals surface area (Å²) < 4.78 is 17.2. The van der Waals surface area contributed by atoms with E-state index in [1.165, 1.54) is 36.5 Å². The third-order valence-corrected chi connectivity index (χ3v) is 2.90. The summed E-state index contributed by atoms with van der Waals surface area (Å²) in [4.78, 5) is 12.0. The van der Waals surface area contributed by atoms with Crippen molar-refractivity contribution in [2.75, 3.05) is 0 Å². The Balaban J connectivity index is 1.70. The molecule has 0 fully saturated rings. The van der Waals surface area contributed by atoms with Gasteiger partial charge in [0.15, 0.2) is 0 Å². The molecule has 0 saturated heterocycles. The van der Waals surface area contributed by atoms with Crippen LogP contribution in [-0.4, -0.2) is 17.3 Å². The monoisotopic (exact) mass is 300 g/mol. The summed E-state index contributed by atoms with van der Waals surface area (Å²) in [5, 5.41) is 18.5. The van der Waals surface area contributed by atoms with Crippen molar-refractivity contribution in [2.45, 2.75) is 0 Å². The molecule has 0 bridgehead atoms. The molecule has 0 aliphatic heterocycles. The molecular formula is C14H9FN4O3. The molecule has 0 saturated carbocycles. The first-order valence-corrected chi connectivity index (χ1v) is 6.22. The van der Waals surface area contributed by atoms with Gasteiger partial charge in [-0.15, -0.1) is 0 Å². The molecule has 22 heavy (non-hydrogen) atoms. The van der Waals surface area contributed by atoms with Gasteiger partial charge in [-0.25, -0.2) is 9.82 Å². The van der Waals surface area contributed by atoms with Crippen LogP contribution in [0.5, 0.6) is 0 Å². The number of benzene rings is 2. The van der Waals surface area contributed by atoms with E-state index in [1.54, 1.807) is 12.1 Å². The van der Waals surface area contributed by atoms with Crippen LogP contribution in [0.3, 0.4) is 0 Å². The molecule has 1 heterocycles. The minimum atomic E-state index is -0.462. The summed E-state index contributed by atoms with van der Waals surface area (Å²) in [5.74, 6) is -0.882. The Morgan fingerprint density at radius 2 is 2.09 bits per heavy atom. The number of aromatic nitrogens is 2. The smallest absolute Gasteiger partial charge is 0.271 e. The van der Waals surface area contributed by atoms with Crippen molar-refractivity contribution in [1.82, 2.24) is 10.6 Å². The molecule has 110 valence electrons. The van der Waals surface area contributed by atoms with E-state index in [2.05, 4.69) is 20.3 Å². The van der Waals surface area contributed by atoms with Gasteiger partial charge in [-0.2, -0.15) is 5.10 Å². The first-order valence-electron chi connectivity index (χ1n) is 6.22. The fourth-order valence-corrected chi connectivity index (χ4v) is 1.80. The van der Waals surface area contributed by atoms with E-state index >= 15 is 0 Å². The normalized spacial score (nSPS) is 11.1. The van der Waals surface area contributed by atoms with Crippen molar-refractivity contribution in [3.63, 3.8) is 0 Å². The number of amides is 1. The molecule has 2 aromatic carbocycles. The quantitative estimate of drug-likeness (QED) is 0.449. The minimum absolute atomic E-state index is 0.290. The van der Waals surface area contributed by atoms with Crippen molar-refractivity contribution >= 4 is 23.2 Å². The Kier molecular flexibility index (Phi) is 3.48. The highest BCUT2D eigenvalue weighted by Crippen LogP contribution is 2.08. The number of hydrogen-bond donors (Lipinski definition) is 1. The van der Waals surface area contributed by atoms with Crippen molar-refractivity contribution in [3.8, 4) is 0 Å². The van der Waals surface area contributed by atoms with Crippen LogP contribution >= 0.6 is 0 Å². The second-order valence-corrected chi connectivity index (χ2v) is 4.38. The molecule has 0 radical (unpaired) electrons. The molecule has 3 rings (SSSR count). The van der Waals surface area contributed by atoms with Crippen molar-refractivity contribution < 1.29 is 18.7 Å². The average Bonchev–Trinajstić information content (AvgIpc) is 2.89. The minimum Gasteiger partial charge on any atom is -0.359 e. The Morgan fingerprint density at radius 3 is 2.86 bits per heavy atom. The fraction of sp³-hybridized carbons (Fsp3) is 0. The van der Waals surface area contributed by atoms with Crippen molar-refractivity contribution in [2.24, 2.45) is 5.10 Å². The zero-order chi connectivity index (χ0) is 15.5. The summed E-state index contributed by atoms with van der Waals surface area (Å²) in [7, 11) is 0. The lowest BCUT2D eigenvalue weighted by Gasteiger charge is -1.99. The highest BCUT2D eigenvalue weighted by atomic mass is 19.1. The number of carbonyl (C=O) groups is 1. The summed E-state index contributed by atoms with van der Waals surface area (Å²) in [6.07, 6.45) is 1.39. The van der Waals surface area contributed by atoms with Crippen LogP contribution in [-0.2, 0) is 0 Å². The van der Waals surface area contributed by atoms with Gasteiger partial charge in [-0.3, -0.25) is 9.42 Å². The average molecular weight is 300 g/mol. The molecule has 1 N–H and O–H groups in total. The van der Waals surface area contributed by atoms with Gasteiger partial charge in [0.2, 0.25) is 11.0 Å². The molecule has 7 nitrogen and oxygen atoms in total. The number of nitrogens with one attached hydrogen (secondary N) is 1. The number of hydrazone groups is 1. The Labute approximate surface area is 123 Å². The second kappa shape index (κ2) is 5.60. The molecule has 0 unspecified atom stereocenters. The lowest BCUT2D eigenvalue weighted by atomic mass is 10.2. The van der Waals surface area contributed by atoms with Crippen LogP contribution in [0.15, 0.2) is 52.2 Å². The topological polar surface area (TPSA) is 94.4 Å². The molecule has 1 amide bonds. The largest absolute Gasteiger partial charge is 0.359 e. The number of fused-ring (bicyclic) bond motifs is 1. The fourth-order valence-electron chi connectivity index (χ4n) is 1.80. The van der Waals surface area contributed by atoms with E-state index in [1.807, 2.05) is 0 Å². The van der Waals surface area contributed by atoms with Crippen LogP contribution in [0, 0.1) is 11.0 Å². The third-order valence-electron chi connectivity index (χ3n) is 2.90. The van der Waals surface area contributed by atoms with E-state index in [0.29, 0.717) is 21.5 Å². The molecule has 8 heteroatoms. The highest BCUT2D eigenvalue weighted by Gasteiger charge is 2.08. The Bertz CT molecular complexity index is 858. The lowest BCUT2D eigenvalue weighted by molar-refractivity contribution is -0.782. The Hall–Kier alpha value is -3.29. The zero-order valence-corrected chi connectivity index (χ0v) is 11.1. The first kappa shape index (κ1) is 13.7. The summed E-state index contributed by atoms with van der Waals surface area (Å²) >= 11 is 0. The molecule has 0 spiro atoms. The van der Waals surface area contributed by atoms with E-state index in [9.17, 15) is 14.4 Å². The van der Waals surface area contributed by atoms with Gasteiger partial charge >= 0.3 is 0 Å². The van der Waals surface area contributed by atoms with Crippen LogP contribution in [0.2, 0.25) is 0 Å². The van der Waals surface area contributed by atoms with Gasteiger partial charge in [0.1, 0.15) is 5.82 Å². The number of hydrogen-bond acceptors (Lipinski definition) is 5. The molecule has 0 aliphatic rings. The summed E-state index contributed by atoms with van der Waals surface area (Å²) in [5.41, 5.74) is 3.91. The van der Waals surface area contributed by atoms with Crippen molar-refractivity contribution in [3.05, 3.63) is 64.6 Å². The molecule has 0 aliphatic carbocycles. The van der Waals surface area contributed by atoms with Crippen LogP contribution < -0.4 is 10.3 Å². The predicted octanol–water partition coefficient (Wildman–Crippen LogP) is 1.36. The second-order valence-electron chi connectivity index (χ2n) is 4.38. The van der Waals surface area contributed by atoms with Crippen LogP contribution in [0.25, 0.3) is 11.0 Å². The molecular weight excluding hydrogens is 291 g/mol. The first-order chi connectivity index (χ1) is 10.6. The van der Waals surface area contributed by atoms with Crippen LogP contribution in [0.4, 0.5) is 4.39 Å². The van der Waals surface area contributed by atoms with Gasteiger partial charge in [-0.1, -0.05) is 0 Å². The summed E-state index contributed by atoms with van der Waals surface area (Å²) in [6, 6.07) is 9.83. The number of nitrogens with zero attached hydrogens (tertiary/aromatic N) is 3. The van der Waals surface area contributed by atoms with Crippen molar-refractivity contribution in [1.29, 1.82) is 0 Å². The van der Waals surface area contributed by atoms with E-state index < -0.39 is 11.7 Å². The number of halogens is 1. The maximum absolute atomic E-state index is 12.8. The maximum atomic E-state index is 12.8. The van der Waals surface area contributed by atoms with Gasteiger partial charge in [0, 0.05) is 16.8 Å². The number of carbonyl (C=O) groups excluding carboxylic acids is 1. The number of rotatable bonds is 3. The maximum Gasteiger partial charge on any atom is 0.271 e. The standard InChI is InChI=1S/C14H9FN4O3/c15-11-4-2-10(3-5-11)14(20)17-16-8-9-1-6-13-12(7-9)18-22-19(13)21/h1-8H,(H,17,20)/b16-8+. The van der Waals surface area contributed by atoms with Gasteiger partial charge < -0.3 is 5.21 Å². The van der Waals surface area contributed by atoms with E-state index in [-0.39, 0.29) is 5.56 Å². The highest BCUT2D eigenvalue weighted by molar-refractivity contribution is 5.95. The predicted molar refractivity (Wildman–Crippen MR) is 74.4 cm³/mol. The van der Waals surface area contributed by atoms with Gasteiger partial charge in [0.05, 0.1) is 6.21 Å². The van der Waals surface area contributed by atoms with Gasteiger partial charge in [0.25, 0.3) is 5.91 Å². The van der Waals surface area contributed by atoms with E-state index in [0.717, 1.165) is 0 Å².